The van der Waals surface area contributed by atoms with Crippen LogP contribution in [0.1, 0.15) is 16.2 Å². The minimum absolute atomic E-state index is 0.118. The summed E-state index contributed by atoms with van der Waals surface area (Å²) < 4.78 is 41.2. The van der Waals surface area contributed by atoms with Gasteiger partial charge in [-0.3, -0.25) is 14.9 Å². The molecule has 1 N–H and O–H groups in total. The van der Waals surface area contributed by atoms with Gasteiger partial charge >= 0.3 is 6.18 Å². The van der Waals surface area contributed by atoms with E-state index in [1.54, 1.807) is 17.5 Å². The van der Waals surface area contributed by atoms with Gasteiger partial charge in [-0.2, -0.15) is 18.3 Å². The van der Waals surface area contributed by atoms with Crippen molar-refractivity contribution >= 4 is 34.3 Å². The second kappa shape index (κ2) is 7.22. The number of alkyl halides is 3. The van der Waals surface area contributed by atoms with Gasteiger partial charge in [0.2, 0.25) is 0 Å². The zero-order valence-corrected chi connectivity index (χ0v) is 15.6. The van der Waals surface area contributed by atoms with E-state index in [1.165, 1.54) is 35.6 Å². The molecule has 0 spiro atoms. The molecule has 3 aromatic heterocycles. The van der Waals surface area contributed by atoms with Crippen molar-refractivity contribution in [2.45, 2.75) is 6.18 Å². The molecule has 0 aliphatic carbocycles. The highest BCUT2D eigenvalue weighted by atomic mass is 32.1. The Bertz CT molecular complexity index is 1250. The van der Waals surface area contributed by atoms with E-state index in [2.05, 4.69) is 15.4 Å². The normalized spacial score (nSPS) is 11.6. The molecule has 30 heavy (non-hydrogen) atoms. The lowest BCUT2D eigenvalue weighted by Gasteiger charge is -2.10. The number of hydrogen-bond donors (Lipinski definition) is 1. The van der Waals surface area contributed by atoms with E-state index in [-0.39, 0.29) is 28.4 Å². The molecule has 4 aromatic rings. The molecule has 4 rings (SSSR count). The molecule has 0 saturated heterocycles. The molecule has 0 radical (unpaired) electrons. The predicted molar refractivity (Wildman–Crippen MR) is 102 cm³/mol. The summed E-state index contributed by atoms with van der Waals surface area (Å²) in [5.41, 5.74) is -1.30. The van der Waals surface area contributed by atoms with Crippen molar-refractivity contribution in [3.63, 3.8) is 0 Å². The third-order valence-corrected chi connectivity index (χ3v) is 4.95. The first-order valence-corrected chi connectivity index (χ1v) is 9.18. The number of benzene rings is 1. The van der Waals surface area contributed by atoms with Gasteiger partial charge in [-0.15, -0.1) is 11.3 Å². The van der Waals surface area contributed by atoms with Crippen LogP contribution in [-0.2, 0) is 6.18 Å². The van der Waals surface area contributed by atoms with Gasteiger partial charge < -0.3 is 5.32 Å². The molecule has 3 heterocycles. The van der Waals surface area contributed by atoms with Crippen LogP contribution in [0.3, 0.4) is 0 Å². The molecule has 0 saturated carbocycles. The molecule has 1 aromatic carbocycles. The number of nitrogens with one attached hydrogen (secondary N) is 1. The van der Waals surface area contributed by atoms with Crippen molar-refractivity contribution in [1.29, 1.82) is 0 Å². The van der Waals surface area contributed by atoms with Crippen molar-refractivity contribution in [2.75, 3.05) is 5.32 Å². The van der Waals surface area contributed by atoms with Gasteiger partial charge in [-0.05, 0) is 29.6 Å². The molecule has 0 atom stereocenters. The van der Waals surface area contributed by atoms with Crippen LogP contribution in [0.4, 0.5) is 24.5 Å². The summed E-state index contributed by atoms with van der Waals surface area (Å²) >= 11 is 1.24. The zero-order chi connectivity index (χ0) is 21.5. The molecule has 0 fully saturated rings. The minimum Gasteiger partial charge on any atom is -0.321 e. The van der Waals surface area contributed by atoms with E-state index in [0.717, 1.165) is 12.1 Å². The number of thiophene rings is 1. The number of nitrogens with zero attached hydrogens (tertiary/aromatic N) is 4. The highest BCUT2D eigenvalue weighted by molar-refractivity contribution is 7.13. The number of carbonyl (C=O) groups is 1. The summed E-state index contributed by atoms with van der Waals surface area (Å²) in [4.78, 5) is 27.3. The van der Waals surface area contributed by atoms with Gasteiger partial charge in [-0.25, -0.2) is 9.50 Å². The summed E-state index contributed by atoms with van der Waals surface area (Å²) in [5.74, 6) is -0.778. The first kappa shape index (κ1) is 19.5. The lowest BCUT2D eigenvalue weighted by molar-refractivity contribution is -0.384. The van der Waals surface area contributed by atoms with E-state index in [9.17, 15) is 28.1 Å². The van der Waals surface area contributed by atoms with Gasteiger partial charge in [0.1, 0.15) is 0 Å². The van der Waals surface area contributed by atoms with E-state index in [4.69, 9.17) is 0 Å². The molecular formula is C18H10F3N5O3S. The number of rotatable bonds is 4. The number of hydrogen-bond acceptors (Lipinski definition) is 6. The number of halogens is 3. The van der Waals surface area contributed by atoms with Crippen molar-refractivity contribution in [3.05, 3.63) is 75.4 Å². The van der Waals surface area contributed by atoms with Crippen LogP contribution in [-0.4, -0.2) is 25.4 Å². The van der Waals surface area contributed by atoms with Crippen LogP contribution in [0, 0.1) is 10.1 Å². The Morgan fingerprint density at radius 2 is 1.90 bits per heavy atom. The fourth-order valence-electron chi connectivity index (χ4n) is 2.70. The SMILES string of the molecule is O=C(Nc1ccc([N+](=O)[O-])cc1)c1cc2nc(-c3cccs3)cc(C(F)(F)F)n2n1. The highest BCUT2D eigenvalue weighted by Gasteiger charge is 2.35. The van der Waals surface area contributed by atoms with E-state index in [1.807, 2.05) is 0 Å². The molecule has 1 amide bonds. The maximum atomic E-state index is 13.6. The molecule has 0 aliphatic rings. The number of nitro benzene ring substituents is 1. The number of amides is 1. The van der Waals surface area contributed by atoms with Crippen molar-refractivity contribution in [2.24, 2.45) is 0 Å². The molecule has 0 bridgehead atoms. The van der Waals surface area contributed by atoms with Crippen LogP contribution in [0.15, 0.2) is 53.9 Å². The van der Waals surface area contributed by atoms with Crippen LogP contribution >= 0.6 is 11.3 Å². The Balaban J connectivity index is 1.71. The van der Waals surface area contributed by atoms with Gasteiger partial charge in [0.25, 0.3) is 11.6 Å². The van der Waals surface area contributed by atoms with E-state index < -0.39 is 22.7 Å². The number of carbonyl (C=O) groups excluding carboxylic acids is 1. The average Bonchev–Trinajstić information content (AvgIpc) is 3.36. The fourth-order valence-corrected chi connectivity index (χ4v) is 3.39. The maximum Gasteiger partial charge on any atom is 0.433 e. The molecule has 8 nitrogen and oxygen atoms in total. The molecule has 0 aliphatic heterocycles. The third-order valence-electron chi connectivity index (χ3n) is 4.06. The molecule has 0 unspecified atom stereocenters. The lowest BCUT2D eigenvalue weighted by atomic mass is 10.2. The Labute approximate surface area is 169 Å². The third kappa shape index (κ3) is 3.72. The fraction of sp³-hybridized carbons (Fsp3) is 0.0556. The van der Waals surface area contributed by atoms with E-state index >= 15 is 0 Å². The Morgan fingerprint density at radius 3 is 2.50 bits per heavy atom. The van der Waals surface area contributed by atoms with Crippen molar-refractivity contribution < 1.29 is 22.9 Å². The van der Waals surface area contributed by atoms with Gasteiger partial charge in [0, 0.05) is 23.9 Å². The molecular weight excluding hydrogens is 423 g/mol. The van der Waals surface area contributed by atoms with Crippen LogP contribution in [0.2, 0.25) is 0 Å². The predicted octanol–water partition coefficient (Wildman–Crippen LogP) is 4.64. The largest absolute Gasteiger partial charge is 0.433 e. The number of aromatic nitrogens is 3. The monoisotopic (exact) mass is 433 g/mol. The first-order valence-electron chi connectivity index (χ1n) is 8.30. The second-order valence-electron chi connectivity index (χ2n) is 6.06. The maximum absolute atomic E-state index is 13.6. The summed E-state index contributed by atoms with van der Waals surface area (Å²) in [6.07, 6.45) is -4.72. The minimum atomic E-state index is -4.72. The van der Waals surface area contributed by atoms with Crippen LogP contribution in [0.5, 0.6) is 0 Å². The molecule has 152 valence electrons. The smallest absolute Gasteiger partial charge is 0.321 e. The number of non-ortho nitro benzene ring substituents is 1. The standard InChI is InChI=1S/C18H10F3N5O3S/c19-18(20,21)15-8-12(14-2-1-7-30-14)23-16-9-13(24-25(15)16)17(27)22-10-3-5-11(6-4-10)26(28)29/h1-9H,(H,22,27). The highest BCUT2D eigenvalue weighted by Crippen LogP contribution is 2.33. The van der Waals surface area contributed by atoms with Gasteiger partial charge in [0.05, 0.1) is 15.5 Å². The number of nitro groups is 1. The average molecular weight is 433 g/mol. The summed E-state index contributed by atoms with van der Waals surface area (Å²) in [5, 5.41) is 18.6. The summed E-state index contributed by atoms with van der Waals surface area (Å²) in [7, 11) is 0. The quantitative estimate of drug-likeness (QED) is 0.373. The van der Waals surface area contributed by atoms with Gasteiger partial charge in [0.15, 0.2) is 17.0 Å². The first-order chi connectivity index (χ1) is 14.2. The number of fused-ring (bicyclic) bond motifs is 1. The van der Waals surface area contributed by atoms with E-state index in [0.29, 0.717) is 9.39 Å². The van der Waals surface area contributed by atoms with Crippen LogP contribution in [0.25, 0.3) is 16.2 Å². The summed E-state index contributed by atoms with van der Waals surface area (Å²) in [6, 6.07) is 10.4. The molecule has 12 heteroatoms. The van der Waals surface area contributed by atoms with Crippen molar-refractivity contribution in [3.8, 4) is 10.6 Å². The lowest BCUT2D eigenvalue weighted by Crippen LogP contribution is -2.15. The van der Waals surface area contributed by atoms with Crippen LogP contribution < -0.4 is 5.32 Å². The Kier molecular flexibility index (Phi) is 4.70. The number of anilines is 1. The Morgan fingerprint density at radius 1 is 1.17 bits per heavy atom. The topological polar surface area (TPSA) is 102 Å². The second-order valence-corrected chi connectivity index (χ2v) is 7.01. The zero-order valence-electron chi connectivity index (χ0n) is 14.8. The van der Waals surface area contributed by atoms with Crippen molar-refractivity contribution in [1.82, 2.24) is 14.6 Å². The van der Waals surface area contributed by atoms with Gasteiger partial charge in [-0.1, -0.05) is 6.07 Å². The Hall–Kier alpha value is -3.80. The summed E-state index contributed by atoms with van der Waals surface area (Å²) in [6.45, 7) is 0.